The molecule has 1 aliphatic carbocycles. The molecule has 2 aliphatic rings. The molecule has 4 amide bonds. The maximum atomic E-state index is 11.7. The zero-order valence-corrected chi connectivity index (χ0v) is 15.0. The van der Waals surface area contributed by atoms with Crippen molar-refractivity contribution in [2.24, 2.45) is 17.4 Å². The van der Waals surface area contributed by atoms with E-state index in [4.69, 9.17) is 11.5 Å². The summed E-state index contributed by atoms with van der Waals surface area (Å²) in [5, 5.41) is 8.37. The molecule has 7 N–H and O–H groups in total. The van der Waals surface area contributed by atoms with E-state index in [9.17, 15) is 14.4 Å². The second-order valence-corrected chi connectivity index (χ2v) is 7.34. The molecule has 1 aromatic heterocycles. The Morgan fingerprint density at radius 1 is 1.31 bits per heavy atom. The van der Waals surface area contributed by atoms with Gasteiger partial charge in [0.1, 0.15) is 21.3 Å². The fourth-order valence-electron chi connectivity index (χ4n) is 2.88. The zero-order chi connectivity index (χ0) is 18.9. The van der Waals surface area contributed by atoms with Crippen molar-refractivity contribution in [1.82, 2.24) is 15.6 Å². The van der Waals surface area contributed by atoms with Crippen molar-refractivity contribution in [3.63, 3.8) is 0 Å². The van der Waals surface area contributed by atoms with Crippen LogP contribution in [0, 0.1) is 5.92 Å². The van der Waals surface area contributed by atoms with Crippen LogP contribution in [0.2, 0.25) is 0 Å². The molecule has 1 saturated carbocycles. The van der Waals surface area contributed by atoms with Crippen molar-refractivity contribution in [3.8, 4) is 0 Å². The summed E-state index contributed by atoms with van der Waals surface area (Å²) in [4.78, 5) is 38.7. The highest BCUT2D eigenvalue weighted by atomic mass is 32.2. The zero-order valence-electron chi connectivity index (χ0n) is 14.2. The predicted octanol–water partition coefficient (Wildman–Crippen LogP) is 0.304. The van der Waals surface area contributed by atoms with Gasteiger partial charge in [-0.2, -0.15) is 0 Å². The Labute approximate surface area is 154 Å². The summed E-state index contributed by atoms with van der Waals surface area (Å²) in [5.74, 6) is -0.813. The number of primary amides is 2. The summed E-state index contributed by atoms with van der Waals surface area (Å²) in [7, 11) is 0. The highest BCUT2D eigenvalue weighted by molar-refractivity contribution is 8.05. The molecular weight excluding hydrogens is 356 g/mol. The van der Waals surface area contributed by atoms with Crippen LogP contribution < -0.4 is 27.4 Å². The highest BCUT2D eigenvalue weighted by Gasteiger charge is 2.53. The van der Waals surface area contributed by atoms with E-state index in [-0.39, 0.29) is 22.6 Å². The number of carbonyl (C=O) groups is 3. The number of thioether (sulfide) groups is 1. The molecule has 1 aliphatic heterocycles. The van der Waals surface area contributed by atoms with Crippen LogP contribution in [0.3, 0.4) is 0 Å². The Kier molecular flexibility index (Phi) is 4.77. The number of nitrogens with one attached hydrogen (secondary N) is 3. The van der Waals surface area contributed by atoms with Crippen molar-refractivity contribution in [2.75, 3.05) is 11.9 Å². The summed E-state index contributed by atoms with van der Waals surface area (Å²) >= 11 is 1.21. The number of rotatable bonds is 6. The van der Waals surface area contributed by atoms with Crippen molar-refractivity contribution in [1.29, 1.82) is 0 Å². The van der Waals surface area contributed by atoms with E-state index in [1.807, 2.05) is 6.92 Å². The summed E-state index contributed by atoms with van der Waals surface area (Å²) in [5.41, 5.74) is 11.6. The van der Waals surface area contributed by atoms with Crippen LogP contribution in [0.5, 0.6) is 0 Å². The van der Waals surface area contributed by atoms with Gasteiger partial charge in [0, 0.05) is 18.3 Å². The van der Waals surface area contributed by atoms with E-state index in [2.05, 4.69) is 20.9 Å². The minimum absolute atomic E-state index is 0.0407. The first kappa shape index (κ1) is 18.1. The molecule has 10 heteroatoms. The van der Waals surface area contributed by atoms with E-state index in [1.54, 1.807) is 18.3 Å². The average molecular weight is 376 g/mol. The third kappa shape index (κ3) is 3.32. The molecule has 1 atom stereocenters. The van der Waals surface area contributed by atoms with E-state index < -0.39 is 16.7 Å². The van der Waals surface area contributed by atoms with Crippen LogP contribution >= 0.6 is 11.8 Å². The lowest BCUT2D eigenvalue weighted by Gasteiger charge is -2.30. The topological polar surface area (TPSA) is 152 Å². The monoisotopic (exact) mass is 376 g/mol. The number of urea groups is 1. The molecule has 3 rings (SSSR count). The van der Waals surface area contributed by atoms with Gasteiger partial charge in [-0.1, -0.05) is 17.8 Å². The van der Waals surface area contributed by atoms with Gasteiger partial charge in [-0.15, -0.1) is 0 Å². The van der Waals surface area contributed by atoms with Gasteiger partial charge in [-0.05, 0) is 31.7 Å². The fraction of sp³-hybridized carbons (Fsp3) is 0.375. The number of pyridine rings is 1. The van der Waals surface area contributed by atoms with E-state index in [0.29, 0.717) is 12.4 Å². The van der Waals surface area contributed by atoms with Gasteiger partial charge in [0.15, 0.2) is 0 Å². The quantitative estimate of drug-likeness (QED) is 0.481. The molecule has 26 heavy (non-hydrogen) atoms. The van der Waals surface area contributed by atoms with Crippen molar-refractivity contribution < 1.29 is 14.4 Å². The molecule has 0 bridgehead atoms. The van der Waals surface area contributed by atoms with Crippen LogP contribution in [0.15, 0.2) is 28.9 Å². The van der Waals surface area contributed by atoms with Crippen LogP contribution in [-0.2, 0) is 14.5 Å². The summed E-state index contributed by atoms with van der Waals surface area (Å²) in [6, 6.07) is 3.13. The van der Waals surface area contributed by atoms with Gasteiger partial charge in [0.2, 0.25) is 0 Å². The Bertz CT molecular complexity index is 762. The molecule has 0 radical (unpaired) electrons. The first-order valence-corrected chi connectivity index (χ1v) is 9.01. The standard InChI is InChI=1S/C16H20N6O3S/c1-2-19-15(25)21-10-6-5-9(7-20-10)16(8-3-4-8)22-11(13(17)23)12(26-16)14(18)24/h5-8,22H,2-4H2,1H3,(H2,17,23)(H2,18,24)(H2,19,20,21,25). The maximum absolute atomic E-state index is 11.7. The van der Waals surface area contributed by atoms with E-state index in [0.717, 1.165) is 18.4 Å². The summed E-state index contributed by atoms with van der Waals surface area (Å²) in [6.07, 6.45) is 3.50. The Morgan fingerprint density at radius 2 is 2.04 bits per heavy atom. The Balaban J connectivity index is 1.87. The lowest BCUT2D eigenvalue weighted by molar-refractivity contribution is -0.117. The number of nitrogens with zero attached hydrogens (tertiary/aromatic N) is 1. The maximum Gasteiger partial charge on any atom is 0.320 e. The van der Waals surface area contributed by atoms with Crippen molar-refractivity contribution in [3.05, 3.63) is 34.5 Å². The predicted molar refractivity (Wildman–Crippen MR) is 97.5 cm³/mol. The second-order valence-electron chi connectivity index (χ2n) is 6.09. The third-order valence-corrected chi connectivity index (χ3v) is 5.80. The van der Waals surface area contributed by atoms with Crippen LogP contribution in [0.1, 0.15) is 25.3 Å². The first-order valence-electron chi connectivity index (χ1n) is 8.19. The minimum atomic E-state index is -0.726. The summed E-state index contributed by atoms with van der Waals surface area (Å²) in [6.45, 7) is 2.32. The Hall–Kier alpha value is -2.75. The number of aromatic nitrogens is 1. The van der Waals surface area contributed by atoms with E-state index >= 15 is 0 Å². The van der Waals surface area contributed by atoms with Gasteiger partial charge in [0.25, 0.3) is 11.8 Å². The fourth-order valence-corrected chi connectivity index (χ4v) is 4.35. The number of anilines is 1. The molecule has 1 fully saturated rings. The Morgan fingerprint density at radius 3 is 2.50 bits per heavy atom. The largest absolute Gasteiger partial charge is 0.365 e. The molecule has 1 unspecified atom stereocenters. The molecule has 138 valence electrons. The molecule has 2 heterocycles. The molecule has 0 spiro atoms. The normalized spacial score (nSPS) is 21.9. The number of hydrogen-bond donors (Lipinski definition) is 5. The van der Waals surface area contributed by atoms with Gasteiger partial charge in [-0.3, -0.25) is 14.9 Å². The average Bonchev–Trinajstić information content (AvgIpc) is 3.36. The van der Waals surface area contributed by atoms with Gasteiger partial charge in [0.05, 0.1) is 0 Å². The smallest absolute Gasteiger partial charge is 0.320 e. The van der Waals surface area contributed by atoms with Crippen LogP contribution in [0.4, 0.5) is 10.6 Å². The lowest BCUT2D eigenvalue weighted by atomic mass is 10.0. The van der Waals surface area contributed by atoms with E-state index in [1.165, 1.54) is 11.8 Å². The van der Waals surface area contributed by atoms with Crippen LogP contribution in [0.25, 0.3) is 0 Å². The summed E-state index contributed by atoms with van der Waals surface area (Å²) < 4.78 is 0. The SMILES string of the molecule is CCNC(=O)Nc1ccc(C2(C3CC3)NC(C(N)=O)=C(C(N)=O)S2)cn1. The van der Waals surface area contributed by atoms with Gasteiger partial charge in [-0.25, -0.2) is 9.78 Å². The second kappa shape index (κ2) is 6.87. The van der Waals surface area contributed by atoms with Gasteiger partial charge >= 0.3 is 6.03 Å². The van der Waals surface area contributed by atoms with Crippen molar-refractivity contribution in [2.45, 2.75) is 24.6 Å². The van der Waals surface area contributed by atoms with Crippen LogP contribution in [-0.4, -0.2) is 29.4 Å². The number of hydrogen-bond acceptors (Lipinski definition) is 6. The highest BCUT2D eigenvalue weighted by Crippen LogP contribution is 2.58. The minimum Gasteiger partial charge on any atom is -0.365 e. The molecular formula is C16H20N6O3S. The molecule has 1 aromatic rings. The number of amides is 4. The molecule has 9 nitrogen and oxygen atoms in total. The number of carbonyl (C=O) groups excluding carboxylic acids is 3. The van der Waals surface area contributed by atoms with Gasteiger partial charge < -0.3 is 22.1 Å². The van der Waals surface area contributed by atoms with Crippen molar-refractivity contribution >= 4 is 35.4 Å². The molecule has 0 aromatic carbocycles. The lowest BCUT2D eigenvalue weighted by Crippen LogP contribution is -2.40. The molecule has 0 saturated heterocycles. The third-order valence-electron chi connectivity index (χ3n) is 4.19. The number of nitrogens with two attached hydrogens (primary N) is 2. The first-order chi connectivity index (χ1) is 12.4.